The van der Waals surface area contributed by atoms with Crippen LogP contribution in [0.15, 0.2) is 48.0 Å². The molecule has 1 saturated heterocycles. The Hall–Kier alpha value is -4.01. The van der Waals surface area contributed by atoms with Crippen LogP contribution >= 0.6 is 0 Å². The van der Waals surface area contributed by atoms with Crippen molar-refractivity contribution in [2.75, 3.05) is 12.0 Å². The van der Waals surface area contributed by atoms with E-state index in [0.717, 1.165) is 4.90 Å². The Kier molecular flexibility index (Phi) is 4.90. The van der Waals surface area contributed by atoms with Gasteiger partial charge >= 0.3 is 11.7 Å². The molecule has 0 bridgehead atoms. The first-order valence-electron chi connectivity index (χ1n) is 8.13. The Morgan fingerprint density at radius 3 is 2.50 bits per heavy atom. The Balaban J connectivity index is 2.06. The van der Waals surface area contributed by atoms with Crippen molar-refractivity contribution in [3.63, 3.8) is 0 Å². The fourth-order valence-corrected chi connectivity index (χ4v) is 2.80. The van der Waals surface area contributed by atoms with Crippen molar-refractivity contribution in [1.82, 2.24) is 5.32 Å². The number of anilines is 1. The summed E-state index contributed by atoms with van der Waals surface area (Å²) in [5.41, 5.74) is 0.614. The number of nitrogens with one attached hydrogen (secondary N) is 1. The van der Waals surface area contributed by atoms with Gasteiger partial charge in [0.25, 0.3) is 11.8 Å². The van der Waals surface area contributed by atoms with Gasteiger partial charge in [-0.15, -0.1) is 0 Å². The predicted molar refractivity (Wildman–Crippen MR) is 99.8 cm³/mol. The maximum atomic E-state index is 12.9. The molecule has 1 N–H and O–H groups in total. The van der Waals surface area contributed by atoms with E-state index in [2.05, 4.69) is 5.32 Å². The first kappa shape index (κ1) is 18.8. The van der Waals surface area contributed by atoms with E-state index in [1.54, 1.807) is 31.2 Å². The number of benzene rings is 2. The summed E-state index contributed by atoms with van der Waals surface area (Å²) in [6.07, 6.45) is 1.20. The lowest BCUT2D eigenvalue weighted by Crippen LogP contribution is -2.54. The van der Waals surface area contributed by atoms with Gasteiger partial charge in [-0.05, 0) is 36.3 Å². The van der Waals surface area contributed by atoms with Gasteiger partial charge in [0.2, 0.25) is 0 Å². The number of methoxy groups -OCH3 is 1. The summed E-state index contributed by atoms with van der Waals surface area (Å²) in [5.74, 6) is -1.65. The third-order valence-electron chi connectivity index (χ3n) is 4.17. The number of imide groups is 2. The number of hydrogen-bond acceptors (Lipinski definition) is 6. The highest BCUT2D eigenvalue weighted by Crippen LogP contribution is 2.29. The van der Waals surface area contributed by atoms with Crippen LogP contribution in [0.1, 0.15) is 11.1 Å². The number of carbonyl (C=O) groups is 3. The van der Waals surface area contributed by atoms with E-state index in [9.17, 15) is 24.5 Å². The molecule has 1 aliphatic heterocycles. The molecule has 2 aromatic carbocycles. The third-order valence-corrected chi connectivity index (χ3v) is 4.17. The first-order chi connectivity index (χ1) is 13.3. The Morgan fingerprint density at radius 1 is 1.14 bits per heavy atom. The van der Waals surface area contributed by atoms with Gasteiger partial charge in [-0.3, -0.25) is 25.0 Å². The second kappa shape index (κ2) is 7.31. The van der Waals surface area contributed by atoms with Crippen LogP contribution in [-0.4, -0.2) is 29.9 Å². The summed E-state index contributed by atoms with van der Waals surface area (Å²) in [6.45, 7) is 1.72. The molecule has 1 aliphatic rings. The fourth-order valence-electron chi connectivity index (χ4n) is 2.80. The zero-order valence-electron chi connectivity index (χ0n) is 15.0. The minimum atomic E-state index is -0.877. The quantitative estimate of drug-likeness (QED) is 0.376. The van der Waals surface area contributed by atoms with Gasteiger partial charge in [-0.25, -0.2) is 9.69 Å². The molecule has 0 aromatic heterocycles. The van der Waals surface area contributed by atoms with Crippen LogP contribution in [0.2, 0.25) is 0 Å². The number of barbiturate groups is 1. The van der Waals surface area contributed by atoms with Crippen molar-refractivity contribution in [2.45, 2.75) is 6.92 Å². The standard InChI is InChI=1S/C19H15N3O6/c1-11-5-3-4-6-14(11)21-18(24)13(17(23)20-19(21)25)9-12-7-8-16(28-2)15(10-12)22(26)27/h3-10H,1-2H3,(H,20,23,25)/b13-9+. The summed E-state index contributed by atoms with van der Waals surface area (Å²) in [4.78, 5) is 48.7. The molecule has 3 rings (SSSR count). The van der Waals surface area contributed by atoms with Gasteiger partial charge < -0.3 is 4.74 Å². The van der Waals surface area contributed by atoms with E-state index < -0.39 is 22.8 Å². The first-order valence-corrected chi connectivity index (χ1v) is 8.13. The normalized spacial score (nSPS) is 15.6. The number of aryl methyl sites for hydroxylation is 1. The molecule has 0 atom stereocenters. The lowest BCUT2D eigenvalue weighted by atomic mass is 10.1. The largest absolute Gasteiger partial charge is 0.490 e. The van der Waals surface area contributed by atoms with Crippen LogP contribution in [0.3, 0.4) is 0 Å². The van der Waals surface area contributed by atoms with Crippen LogP contribution < -0.4 is 15.0 Å². The Bertz CT molecular complexity index is 1040. The van der Waals surface area contributed by atoms with Crippen molar-refractivity contribution < 1.29 is 24.0 Å². The molecule has 0 saturated carbocycles. The molecule has 1 fully saturated rings. The number of amides is 4. The Labute approximate surface area is 159 Å². The van der Waals surface area contributed by atoms with Gasteiger partial charge in [0.15, 0.2) is 5.75 Å². The average Bonchev–Trinajstić information content (AvgIpc) is 2.66. The summed E-state index contributed by atoms with van der Waals surface area (Å²) in [5, 5.41) is 13.3. The topological polar surface area (TPSA) is 119 Å². The zero-order chi connectivity index (χ0) is 20.4. The lowest BCUT2D eigenvalue weighted by Gasteiger charge is -2.27. The Morgan fingerprint density at radius 2 is 1.86 bits per heavy atom. The van der Waals surface area contributed by atoms with Gasteiger partial charge in [-0.1, -0.05) is 24.3 Å². The van der Waals surface area contributed by atoms with Crippen LogP contribution in [-0.2, 0) is 9.59 Å². The molecule has 9 heteroatoms. The zero-order valence-corrected chi connectivity index (χ0v) is 15.0. The van der Waals surface area contributed by atoms with Gasteiger partial charge in [0, 0.05) is 6.07 Å². The molecule has 0 spiro atoms. The number of para-hydroxylation sites is 1. The molecule has 0 aliphatic carbocycles. The number of carbonyl (C=O) groups excluding carboxylic acids is 3. The minimum Gasteiger partial charge on any atom is -0.490 e. The predicted octanol–water partition coefficient (Wildman–Crippen LogP) is 2.58. The van der Waals surface area contributed by atoms with Gasteiger partial charge in [-0.2, -0.15) is 0 Å². The molecule has 9 nitrogen and oxygen atoms in total. The summed E-state index contributed by atoms with van der Waals surface area (Å²) in [6, 6.07) is 9.87. The number of nitro groups is 1. The maximum absolute atomic E-state index is 12.9. The van der Waals surface area contributed by atoms with Crippen LogP contribution in [0.4, 0.5) is 16.2 Å². The molecule has 1 heterocycles. The summed E-state index contributed by atoms with van der Waals surface area (Å²) >= 11 is 0. The summed E-state index contributed by atoms with van der Waals surface area (Å²) < 4.78 is 4.93. The van der Waals surface area contributed by atoms with Crippen molar-refractivity contribution >= 4 is 35.3 Å². The second-order valence-electron chi connectivity index (χ2n) is 5.93. The molecular formula is C19H15N3O6. The second-order valence-corrected chi connectivity index (χ2v) is 5.93. The van der Waals surface area contributed by atoms with Gasteiger partial charge in [0.1, 0.15) is 5.57 Å². The van der Waals surface area contributed by atoms with Crippen LogP contribution in [0, 0.1) is 17.0 Å². The number of ether oxygens (including phenoxy) is 1. The highest BCUT2D eigenvalue weighted by Gasteiger charge is 2.37. The molecule has 142 valence electrons. The fraction of sp³-hybridized carbons (Fsp3) is 0.105. The molecule has 2 aromatic rings. The van der Waals surface area contributed by atoms with Crippen molar-refractivity contribution in [3.05, 3.63) is 69.3 Å². The van der Waals surface area contributed by atoms with E-state index in [-0.39, 0.29) is 22.6 Å². The van der Waals surface area contributed by atoms with Gasteiger partial charge in [0.05, 0.1) is 17.7 Å². The molecule has 28 heavy (non-hydrogen) atoms. The summed E-state index contributed by atoms with van der Waals surface area (Å²) in [7, 11) is 1.30. The van der Waals surface area contributed by atoms with E-state index >= 15 is 0 Å². The number of rotatable bonds is 4. The maximum Gasteiger partial charge on any atom is 0.335 e. The number of nitrogens with zero attached hydrogens (tertiary/aromatic N) is 2. The highest BCUT2D eigenvalue weighted by molar-refractivity contribution is 6.39. The molecule has 4 amide bonds. The van der Waals surface area contributed by atoms with Crippen molar-refractivity contribution in [1.29, 1.82) is 0 Å². The van der Waals surface area contributed by atoms with Crippen LogP contribution in [0.25, 0.3) is 6.08 Å². The lowest BCUT2D eigenvalue weighted by molar-refractivity contribution is -0.385. The third kappa shape index (κ3) is 3.32. The molecular weight excluding hydrogens is 366 g/mol. The van der Waals surface area contributed by atoms with Crippen molar-refractivity contribution in [3.8, 4) is 5.75 Å². The van der Waals surface area contributed by atoms with Crippen LogP contribution in [0.5, 0.6) is 5.75 Å². The monoisotopic (exact) mass is 381 g/mol. The van der Waals surface area contributed by atoms with E-state index in [1.165, 1.54) is 31.4 Å². The number of urea groups is 1. The van der Waals surface area contributed by atoms with E-state index in [1.807, 2.05) is 0 Å². The molecule has 0 unspecified atom stereocenters. The molecule has 0 radical (unpaired) electrons. The highest BCUT2D eigenvalue weighted by atomic mass is 16.6. The van der Waals surface area contributed by atoms with E-state index in [4.69, 9.17) is 4.74 Å². The average molecular weight is 381 g/mol. The minimum absolute atomic E-state index is 0.0447. The smallest absolute Gasteiger partial charge is 0.335 e. The SMILES string of the molecule is COc1ccc(/C=C2\C(=O)NC(=O)N(c3ccccc3C)C2=O)cc1[N+](=O)[O-]. The number of hydrogen-bond donors (Lipinski definition) is 1. The van der Waals surface area contributed by atoms with E-state index in [0.29, 0.717) is 11.3 Å². The number of nitro benzene ring substituents is 1. The van der Waals surface area contributed by atoms with Crippen molar-refractivity contribution in [2.24, 2.45) is 0 Å².